The van der Waals surface area contributed by atoms with E-state index < -0.39 is 0 Å². The Morgan fingerprint density at radius 2 is 1.86 bits per heavy atom. The number of hydrogen-bond donors (Lipinski definition) is 0. The van der Waals surface area contributed by atoms with Gasteiger partial charge in [0.2, 0.25) is 5.91 Å². The highest BCUT2D eigenvalue weighted by Gasteiger charge is 2.36. The van der Waals surface area contributed by atoms with E-state index in [1.54, 1.807) is 6.07 Å². The first-order valence-corrected chi connectivity index (χ1v) is 10.4. The van der Waals surface area contributed by atoms with Crippen molar-refractivity contribution in [1.29, 1.82) is 0 Å². The molecule has 6 nitrogen and oxygen atoms in total. The molecular weight excluding hydrogens is 366 g/mol. The minimum absolute atomic E-state index is 0.0632. The van der Waals surface area contributed by atoms with E-state index in [-0.39, 0.29) is 23.3 Å². The minimum atomic E-state index is 0.0632. The van der Waals surface area contributed by atoms with Crippen LogP contribution in [0, 0.1) is 5.92 Å². The van der Waals surface area contributed by atoms with Gasteiger partial charge in [-0.25, -0.2) is 0 Å². The van der Waals surface area contributed by atoms with Crippen molar-refractivity contribution in [2.75, 3.05) is 19.6 Å². The SMILES string of the molecule is O=C(CCCN1Cc2ccccc2C1=O)N1C[C@H]2C[C@@H](C1)c1cccc(=O)n1C2. The summed E-state index contributed by atoms with van der Waals surface area (Å²) in [5, 5.41) is 0. The van der Waals surface area contributed by atoms with Gasteiger partial charge < -0.3 is 14.4 Å². The van der Waals surface area contributed by atoms with E-state index >= 15 is 0 Å². The van der Waals surface area contributed by atoms with Crippen LogP contribution < -0.4 is 5.56 Å². The quantitative estimate of drug-likeness (QED) is 0.803. The summed E-state index contributed by atoms with van der Waals surface area (Å²) in [4.78, 5) is 41.2. The third-order valence-corrected chi connectivity index (χ3v) is 6.55. The molecule has 0 radical (unpaired) electrons. The van der Waals surface area contributed by atoms with Gasteiger partial charge >= 0.3 is 0 Å². The van der Waals surface area contributed by atoms with Crippen molar-refractivity contribution in [3.05, 3.63) is 69.6 Å². The Balaban J connectivity index is 1.18. The molecule has 2 atom stereocenters. The summed E-state index contributed by atoms with van der Waals surface area (Å²) in [6.07, 6.45) is 2.19. The van der Waals surface area contributed by atoms with Gasteiger partial charge in [0.05, 0.1) is 0 Å². The Kier molecular flexibility index (Phi) is 4.49. The fraction of sp³-hybridized carbons (Fsp3) is 0.435. The van der Waals surface area contributed by atoms with Gasteiger partial charge in [-0.05, 0) is 36.5 Å². The Bertz CT molecular complexity index is 1030. The highest BCUT2D eigenvalue weighted by Crippen LogP contribution is 2.35. The Morgan fingerprint density at radius 1 is 1.00 bits per heavy atom. The predicted molar refractivity (Wildman–Crippen MR) is 109 cm³/mol. The lowest BCUT2D eigenvalue weighted by Crippen LogP contribution is -2.49. The topological polar surface area (TPSA) is 62.6 Å². The lowest BCUT2D eigenvalue weighted by Gasteiger charge is -2.42. The van der Waals surface area contributed by atoms with Crippen LogP contribution in [-0.2, 0) is 17.9 Å². The number of carbonyl (C=O) groups excluding carboxylic acids is 2. The average molecular weight is 391 g/mol. The van der Waals surface area contributed by atoms with Gasteiger partial charge in [0.15, 0.2) is 0 Å². The summed E-state index contributed by atoms with van der Waals surface area (Å²) in [5.74, 6) is 0.827. The summed E-state index contributed by atoms with van der Waals surface area (Å²) >= 11 is 0. The van der Waals surface area contributed by atoms with Crippen molar-refractivity contribution in [2.45, 2.75) is 38.3 Å². The van der Waals surface area contributed by atoms with Crippen molar-refractivity contribution in [3.63, 3.8) is 0 Å². The van der Waals surface area contributed by atoms with Crippen LogP contribution in [0.5, 0.6) is 0 Å². The number of pyridine rings is 1. The number of nitrogens with zero attached hydrogens (tertiary/aromatic N) is 3. The molecular formula is C23H25N3O3. The van der Waals surface area contributed by atoms with Crippen LogP contribution in [0.1, 0.15) is 46.8 Å². The molecule has 0 spiro atoms. The van der Waals surface area contributed by atoms with Crippen molar-refractivity contribution in [1.82, 2.24) is 14.4 Å². The number of piperidine rings is 1. The average Bonchev–Trinajstić information content (AvgIpc) is 3.04. The van der Waals surface area contributed by atoms with Gasteiger partial charge in [-0.2, -0.15) is 0 Å². The fourth-order valence-corrected chi connectivity index (χ4v) is 5.17. The van der Waals surface area contributed by atoms with Crippen molar-refractivity contribution < 1.29 is 9.59 Å². The Morgan fingerprint density at radius 3 is 2.72 bits per heavy atom. The largest absolute Gasteiger partial charge is 0.342 e. The summed E-state index contributed by atoms with van der Waals surface area (Å²) in [7, 11) is 0. The third-order valence-electron chi connectivity index (χ3n) is 6.55. The van der Waals surface area contributed by atoms with Crippen LogP contribution in [0.3, 0.4) is 0 Å². The normalized spacial score (nSPS) is 22.4. The molecule has 0 saturated carbocycles. The maximum atomic E-state index is 12.8. The molecule has 0 aliphatic carbocycles. The minimum Gasteiger partial charge on any atom is -0.342 e. The van der Waals surface area contributed by atoms with Gasteiger partial charge in [0, 0.05) is 62.4 Å². The molecule has 3 aliphatic heterocycles. The van der Waals surface area contributed by atoms with Crippen LogP contribution in [0.4, 0.5) is 0 Å². The first-order valence-electron chi connectivity index (χ1n) is 10.4. The summed E-state index contributed by atoms with van der Waals surface area (Å²) in [5.41, 5.74) is 2.98. The number of carbonyl (C=O) groups is 2. The Labute approximate surface area is 169 Å². The number of hydrogen-bond acceptors (Lipinski definition) is 3. The molecule has 1 fully saturated rings. The van der Waals surface area contributed by atoms with Gasteiger partial charge in [0.25, 0.3) is 11.5 Å². The lowest BCUT2D eigenvalue weighted by molar-refractivity contribution is -0.134. The molecule has 5 rings (SSSR count). The predicted octanol–water partition coefficient (Wildman–Crippen LogP) is 2.23. The molecule has 1 saturated heterocycles. The van der Waals surface area contributed by atoms with E-state index in [2.05, 4.69) is 0 Å². The highest BCUT2D eigenvalue weighted by atomic mass is 16.2. The molecule has 1 aromatic heterocycles. The van der Waals surface area contributed by atoms with Crippen LogP contribution in [-0.4, -0.2) is 45.8 Å². The van der Waals surface area contributed by atoms with Crippen molar-refractivity contribution in [3.8, 4) is 0 Å². The summed E-state index contributed by atoms with van der Waals surface area (Å²) in [6.45, 7) is 3.37. The molecule has 2 amide bonds. The molecule has 2 bridgehead atoms. The number of amides is 2. The molecule has 3 aliphatic rings. The first-order chi connectivity index (χ1) is 14.1. The van der Waals surface area contributed by atoms with Crippen LogP contribution in [0.15, 0.2) is 47.3 Å². The zero-order valence-electron chi connectivity index (χ0n) is 16.4. The molecule has 6 heteroatoms. The second-order valence-corrected chi connectivity index (χ2v) is 8.48. The molecule has 150 valence electrons. The zero-order valence-corrected chi connectivity index (χ0v) is 16.4. The first kappa shape index (κ1) is 18.2. The van der Waals surface area contributed by atoms with Gasteiger partial charge in [-0.3, -0.25) is 14.4 Å². The molecule has 1 aromatic carbocycles. The van der Waals surface area contributed by atoms with Crippen LogP contribution >= 0.6 is 0 Å². The zero-order chi connectivity index (χ0) is 20.0. The molecule has 0 N–H and O–H groups in total. The second kappa shape index (κ2) is 7.17. The van der Waals surface area contributed by atoms with E-state index in [1.165, 1.54) is 0 Å². The number of rotatable bonds is 4. The lowest BCUT2D eigenvalue weighted by atomic mass is 9.83. The standard InChI is InChI=1S/C23H25N3O3/c27-21(9-4-10-24-14-17-5-1-2-6-19(17)23(24)29)25-12-16-11-18(15-25)20-7-3-8-22(28)26(20)13-16/h1-3,5-8,16,18H,4,9-15H2/t16-,18+/m1/s1. The number of fused-ring (bicyclic) bond motifs is 5. The Hall–Kier alpha value is -2.89. The van der Waals surface area contributed by atoms with Crippen molar-refractivity contribution in [2.24, 2.45) is 5.92 Å². The van der Waals surface area contributed by atoms with E-state index in [4.69, 9.17) is 0 Å². The maximum Gasteiger partial charge on any atom is 0.254 e. The van der Waals surface area contributed by atoms with E-state index in [9.17, 15) is 14.4 Å². The molecule has 4 heterocycles. The molecule has 2 aromatic rings. The molecule has 29 heavy (non-hydrogen) atoms. The smallest absolute Gasteiger partial charge is 0.254 e. The highest BCUT2D eigenvalue weighted by molar-refractivity contribution is 5.98. The maximum absolute atomic E-state index is 12.8. The van der Waals surface area contributed by atoms with E-state index in [1.807, 2.05) is 50.8 Å². The number of aromatic nitrogens is 1. The van der Waals surface area contributed by atoms with Crippen LogP contribution in [0.2, 0.25) is 0 Å². The third kappa shape index (κ3) is 3.26. The second-order valence-electron chi connectivity index (χ2n) is 8.48. The fourth-order valence-electron chi connectivity index (χ4n) is 5.17. The number of likely N-dealkylation sites (tertiary alicyclic amines) is 1. The molecule has 0 unspecified atom stereocenters. The summed E-state index contributed by atoms with van der Waals surface area (Å²) in [6, 6.07) is 13.2. The van der Waals surface area contributed by atoms with Crippen molar-refractivity contribution >= 4 is 11.8 Å². The number of benzene rings is 1. The summed E-state index contributed by atoms with van der Waals surface area (Å²) < 4.78 is 1.89. The van der Waals surface area contributed by atoms with Gasteiger partial charge in [-0.15, -0.1) is 0 Å². The van der Waals surface area contributed by atoms with E-state index in [0.717, 1.165) is 29.8 Å². The van der Waals surface area contributed by atoms with Gasteiger partial charge in [-0.1, -0.05) is 24.3 Å². The van der Waals surface area contributed by atoms with Gasteiger partial charge in [0.1, 0.15) is 0 Å². The monoisotopic (exact) mass is 391 g/mol. The van der Waals surface area contributed by atoms with E-state index in [0.29, 0.717) is 44.9 Å². The van der Waals surface area contributed by atoms with Crippen LogP contribution in [0.25, 0.3) is 0 Å².